The molecular weight excluding hydrogens is 438 g/mol. The van der Waals surface area contributed by atoms with Crippen molar-refractivity contribution >= 4 is 0 Å². The van der Waals surface area contributed by atoms with Gasteiger partial charge >= 0.3 is 0 Å². The molecule has 0 aliphatic heterocycles. The summed E-state index contributed by atoms with van der Waals surface area (Å²) < 4.78 is 28.8. The highest BCUT2D eigenvalue weighted by atomic mass is 19.2. The Morgan fingerprint density at radius 2 is 1.63 bits per heavy atom. The summed E-state index contributed by atoms with van der Waals surface area (Å²) in [5, 5.41) is 9.86. The number of rotatable bonds is 8. The third-order valence-corrected chi connectivity index (χ3v) is 8.32. The molecule has 0 heterocycles. The second-order valence-corrected chi connectivity index (χ2v) is 10.5. The van der Waals surface area contributed by atoms with E-state index < -0.39 is 17.7 Å². The molecule has 3 unspecified atom stereocenters. The highest BCUT2D eigenvalue weighted by Crippen LogP contribution is 2.40. The standard InChI is InChI=1S/C32H40F2O/c1-3-5-22-6-11-24(12-7-22)26-16-18-27(19-17-26)25-13-8-23(9-14-25)10-15-28-20-21-29(30(35)4-2)32(34)31(28)33/h3,5,8-9,13-14,16,18,20-22,24,26-27,30,35H,4,6-7,10-12,15,17,19H2,1-2H3/b5-3+. The lowest BCUT2D eigenvalue weighted by Crippen LogP contribution is -2.22. The predicted octanol–water partition coefficient (Wildman–Crippen LogP) is 8.63. The van der Waals surface area contributed by atoms with Gasteiger partial charge in [-0.1, -0.05) is 67.6 Å². The second kappa shape index (κ2) is 12.1. The third-order valence-electron chi connectivity index (χ3n) is 8.32. The summed E-state index contributed by atoms with van der Waals surface area (Å²) in [6.07, 6.45) is 17.9. The van der Waals surface area contributed by atoms with E-state index in [4.69, 9.17) is 0 Å². The number of hydrogen-bond donors (Lipinski definition) is 1. The van der Waals surface area contributed by atoms with Crippen molar-refractivity contribution in [1.82, 2.24) is 0 Å². The Morgan fingerprint density at radius 1 is 0.886 bits per heavy atom. The molecule has 2 aliphatic rings. The SMILES string of the molecule is C/C=C/C1CCC(C2C=CC(c3ccc(CCc4ccc(C(O)CC)c(F)c4F)cc3)CC2)CC1. The van der Waals surface area contributed by atoms with E-state index in [9.17, 15) is 13.9 Å². The lowest BCUT2D eigenvalue weighted by molar-refractivity contribution is 0.167. The molecule has 3 heteroatoms. The minimum Gasteiger partial charge on any atom is -0.388 e. The fourth-order valence-electron chi connectivity index (χ4n) is 6.03. The summed E-state index contributed by atoms with van der Waals surface area (Å²) in [6, 6.07) is 11.8. The van der Waals surface area contributed by atoms with Crippen molar-refractivity contribution in [3.05, 3.63) is 94.6 Å². The largest absolute Gasteiger partial charge is 0.388 e. The van der Waals surface area contributed by atoms with Gasteiger partial charge in [-0.2, -0.15) is 0 Å². The van der Waals surface area contributed by atoms with E-state index in [0.29, 0.717) is 30.7 Å². The van der Waals surface area contributed by atoms with Crippen LogP contribution in [0.1, 0.15) is 93.1 Å². The molecule has 0 spiro atoms. The van der Waals surface area contributed by atoms with Crippen molar-refractivity contribution in [2.45, 2.75) is 83.7 Å². The number of benzene rings is 2. The Kier molecular flexibility index (Phi) is 8.94. The van der Waals surface area contributed by atoms with Gasteiger partial charge in [-0.05, 0) is 99.2 Å². The van der Waals surface area contributed by atoms with E-state index in [2.05, 4.69) is 55.5 Å². The number of allylic oxidation sites excluding steroid dienone is 4. The quantitative estimate of drug-likeness (QED) is 0.377. The van der Waals surface area contributed by atoms with E-state index in [-0.39, 0.29) is 5.56 Å². The molecule has 4 rings (SSSR count). The summed E-state index contributed by atoms with van der Waals surface area (Å²) >= 11 is 0. The third kappa shape index (κ3) is 6.30. The van der Waals surface area contributed by atoms with E-state index in [1.54, 1.807) is 13.0 Å². The molecule has 1 saturated carbocycles. The van der Waals surface area contributed by atoms with Crippen LogP contribution in [0.15, 0.2) is 60.7 Å². The minimum absolute atomic E-state index is 0.0437. The summed E-state index contributed by atoms with van der Waals surface area (Å²) in [7, 11) is 0. The summed E-state index contributed by atoms with van der Waals surface area (Å²) in [5.74, 6) is 1.10. The number of aliphatic hydroxyl groups is 1. The van der Waals surface area contributed by atoms with Crippen molar-refractivity contribution in [1.29, 1.82) is 0 Å². The molecule has 35 heavy (non-hydrogen) atoms. The normalized spacial score (nSPS) is 25.7. The number of aliphatic hydroxyl groups excluding tert-OH is 1. The average molecular weight is 479 g/mol. The first-order valence-electron chi connectivity index (χ1n) is 13.5. The Bertz CT molecular complexity index is 1010. The van der Waals surface area contributed by atoms with Crippen LogP contribution in [0.5, 0.6) is 0 Å². The van der Waals surface area contributed by atoms with E-state index in [1.807, 2.05) is 0 Å². The first kappa shape index (κ1) is 25.8. The fraction of sp³-hybridized carbons (Fsp3) is 0.500. The van der Waals surface area contributed by atoms with Crippen LogP contribution < -0.4 is 0 Å². The van der Waals surface area contributed by atoms with Crippen molar-refractivity contribution < 1.29 is 13.9 Å². The van der Waals surface area contributed by atoms with Crippen molar-refractivity contribution in [3.8, 4) is 0 Å². The molecule has 0 amide bonds. The van der Waals surface area contributed by atoms with Gasteiger partial charge < -0.3 is 5.11 Å². The van der Waals surface area contributed by atoms with Crippen molar-refractivity contribution in [2.75, 3.05) is 0 Å². The molecule has 0 bridgehead atoms. The van der Waals surface area contributed by atoms with Gasteiger partial charge in [0, 0.05) is 11.5 Å². The van der Waals surface area contributed by atoms with Gasteiger partial charge in [0.05, 0.1) is 6.10 Å². The Labute approximate surface area is 210 Å². The number of aryl methyl sites for hydroxylation is 2. The topological polar surface area (TPSA) is 20.2 Å². The van der Waals surface area contributed by atoms with Gasteiger partial charge in [0.25, 0.3) is 0 Å². The van der Waals surface area contributed by atoms with E-state index >= 15 is 0 Å². The zero-order valence-corrected chi connectivity index (χ0v) is 21.2. The zero-order chi connectivity index (χ0) is 24.8. The van der Waals surface area contributed by atoms with Crippen LogP contribution in [-0.2, 0) is 12.8 Å². The van der Waals surface area contributed by atoms with Crippen LogP contribution in [0.4, 0.5) is 8.78 Å². The van der Waals surface area contributed by atoms with Crippen LogP contribution in [0.3, 0.4) is 0 Å². The summed E-state index contributed by atoms with van der Waals surface area (Å²) in [4.78, 5) is 0. The highest BCUT2D eigenvalue weighted by molar-refractivity contribution is 5.32. The first-order chi connectivity index (χ1) is 17.0. The molecule has 0 aromatic heterocycles. The number of halogens is 2. The lowest BCUT2D eigenvalue weighted by atomic mass is 9.71. The van der Waals surface area contributed by atoms with Crippen LogP contribution >= 0.6 is 0 Å². The lowest BCUT2D eigenvalue weighted by Gasteiger charge is -2.34. The van der Waals surface area contributed by atoms with Gasteiger partial charge in [0.2, 0.25) is 0 Å². The van der Waals surface area contributed by atoms with Crippen LogP contribution in [0, 0.1) is 29.4 Å². The molecule has 3 atom stereocenters. The first-order valence-corrected chi connectivity index (χ1v) is 13.5. The minimum atomic E-state index is -0.964. The van der Waals surface area contributed by atoms with E-state index in [1.165, 1.54) is 50.2 Å². The number of hydrogen-bond acceptors (Lipinski definition) is 1. The van der Waals surface area contributed by atoms with Gasteiger partial charge in [0.1, 0.15) is 0 Å². The Balaban J connectivity index is 1.30. The Hall–Kier alpha value is -2.26. The van der Waals surface area contributed by atoms with E-state index in [0.717, 1.165) is 23.3 Å². The summed E-state index contributed by atoms with van der Waals surface area (Å²) in [6.45, 7) is 3.88. The molecule has 0 saturated heterocycles. The van der Waals surface area contributed by atoms with Gasteiger partial charge in [-0.15, -0.1) is 0 Å². The molecular formula is C32H40F2O. The van der Waals surface area contributed by atoms with Gasteiger partial charge in [-0.25, -0.2) is 8.78 Å². The fourth-order valence-corrected chi connectivity index (χ4v) is 6.03. The zero-order valence-electron chi connectivity index (χ0n) is 21.2. The molecule has 188 valence electrons. The molecule has 2 aromatic rings. The molecule has 1 N–H and O–H groups in total. The highest BCUT2D eigenvalue weighted by Gasteiger charge is 2.28. The van der Waals surface area contributed by atoms with Crippen LogP contribution in [0.2, 0.25) is 0 Å². The smallest absolute Gasteiger partial charge is 0.164 e. The second-order valence-electron chi connectivity index (χ2n) is 10.5. The summed E-state index contributed by atoms with van der Waals surface area (Å²) in [5.41, 5.74) is 2.87. The monoisotopic (exact) mass is 478 g/mol. The van der Waals surface area contributed by atoms with Crippen molar-refractivity contribution in [3.63, 3.8) is 0 Å². The maximum Gasteiger partial charge on any atom is 0.164 e. The molecule has 2 aliphatic carbocycles. The molecule has 1 fully saturated rings. The maximum atomic E-state index is 14.5. The van der Waals surface area contributed by atoms with Gasteiger partial charge in [-0.3, -0.25) is 0 Å². The van der Waals surface area contributed by atoms with Crippen molar-refractivity contribution in [2.24, 2.45) is 17.8 Å². The van der Waals surface area contributed by atoms with Crippen LogP contribution in [-0.4, -0.2) is 5.11 Å². The predicted molar refractivity (Wildman–Crippen MR) is 140 cm³/mol. The average Bonchev–Trinajstić information content (AvgIpc) is 2.90. The molecule has 0 radical (unpaired) electrons. The maximum absolute atomic E-state index is 14.5. The van der Waals surface area contributed by atoms with Crippen LogP contribution in [0.25, 0.3) is 0 Å². The molecule has 1 nitrogen and oxygen atoms in total. The Morgan fingerprint density at radius 3 is 2.26 bits per heavy atom. The molecule has 2 aromatic carbocycles. The van der Waals surface area contributed by atoms with Gasteiger partial charge in [0.15, 0.2) is 11.6 Å².